The van der Waals surface area contributed by atoms with Gasteiger partial charge in [0.25, 0.3) is 0 Å². The molecule has 2 rings (SSSR count). The lowest BCUT2D eigenvalue weighted by Gasteiger charge is -2.24. The minimum atomic E-state index is -0.415. The molecule has 5 heteroatoms. The van der Waals surface area contributed by atoms with Gasteiger partial charge >= 0.3 is 11.9 Å². The average Bonchev–Trinajstić information content (AvgIpc) is 2.72. The second-order valence-electron chi connectivity index (χ2n) is 6.98. The molecule has 0 aliphatic rings. The second kappa shape index (κ2) is 12.0. The molecule has 0 spiro atoms. The largest absolute Gasteiger partial charge is 0.466 e. The van der Waals surface area contributed by atoms with E-state index in [4.69, 9.17) is 9.47 Å². The van der Waals surface area contributed by atoms with Crippen molar-refractivity contribution in [3.63, 3.8) is 0 Å². The Labute approximate surface area is 173 Å². The van der Waals surface area contributed by atoms with Gasteiger partial charge in [-0.15, -0.1) is 0 Å². The fourth-order valence-corrected chi connectivity index (χ4v) is 3.31. The highest BCUT2D eigenvalue weighted by Crippen LogP contribution is 2.25. The van der Waals surface area contributed by atoms with E-state index in [-0.39, 0.29) is 11.9 Å². The summed E-state index contributed by atoms with van der Waals surface area (Å²) in [6.45, 7) is 5.32. The van der Waals surface area contributed by atoms with Gasteiger partial charge in [0.1, 0.15) is 0 Å². The summed E-state index contributed by atoms with van der Waals surface area (Å²) in [7, 11) is 1.91. The molecule has 0 aliphatic heterocycles. The summed E-state index contributed by atoms with van der Waals surface area (Å²) in [5, 5.41) is 0. The zero-order chi connectivity index (χ0) is 21.1. The number of esters is 2. The van der Waals surface area contributed by atoms with Crippen LogP contribution in [0.1, 0.15) is 42.9 Å². The van der Waals surface area contributed by atoms with Crippen LogP contribution in [-0.2, 0) is 25.5 Å². The van der Waals surface area contributed by atoms with Crippen molar-refractivity contribution in [1.82, 2.24) is 4.90 Å². The Morgan fingerprint density at radius 2 is 1.59 bits per heavy atom. The third-order valence-electron chi connectivity index (χ3n) is 4.74. The highest BCUT2D eigenvalue weighted by molar-refractivity contribution is 5.79. The van der Waals surface area contributed by atoms with Crippen LogP contribution in [0.25, 0.3) is 0 Å². The first kappa shape index (κ1) is 22.6. The number of ether oxygens (including phenoxy) is 2. The molecular weight excluding hydrogens is 366 g/mol. The lowest BCUT2D eigenvalue weighted by Crippen LogP contribution is -2.32. The first-order chi connectivity index (χ1) is 14.0. The molecule has 5 nitrogen and oxygen atoms in total. The quantitative estimate of drug-likeness (QED) is 0.540. The number of benzene rings is 2. The number of carbonyl (C=O) groups excluding carboxylic acids is 2. The number of rotatable bonds is 11. The summed E-state index contributed by atoms with van der Waals surface area (Å²) in [6, 6.07) is 18.2. The van der Waals surface area contributed by atoms with Crippen LogP contribution in [0, 0.1) is 0 Å². The maximum atomic E-state index is 12.8. The number of hydrogen-bond donors (Lipinski definition) is 0. The second-order valence-corrected chi connectivity index (χ2v) is 6.98. The van der Waals surface area contributed by atoms with E-state index in [0.29, 0.717) is 32.7 Å². The Morgan fingerprint density at radius 1 is 0.931 bits per heavy atom. The summed E-state index contributed by atoms with van der Waals surface area (Å²) < 4.78 is 10.4. The highest BCUT2D eigenvalue weighted by Gasteiger charge is 2.26. The first-order valence-electron chi connectivity index (χ1n) is 10.2. The molecule has 156 valence electrons. The molecular formula is C24H31NO4. The Morgan fingerprint density at radius 3 is 2.28 bits per heavy atom. The van der Waals surface area contributed by atoms with Crippen LogP contribution in [0.15, 0.2) is 54.6 Å². The van der Waals surface area contributed by atoms with Crippen LogP contribution >= 0.6 is 0 Å². The van der Waals surface area contributed by atoms with E-state index in [1.54, 1.807) is 6.92 Å². The van der Waals surface area contributed by atoms with Crippen LogP contribution in [0.4, 0.5) is 0 Å². The summed E-state index contributed by atoms with van der Waals surface area (Å²) in [4.78, 5) is 26.4. The average molecular weight is 398 g/mol. The highest BCUT2D eigenvalue weighted by atomic mass is 16.5. The van der Waals surface area contributed by atoms with Gasteiger partial charge in [-0.05, 0) is 44.0 Å². The van der Waals surface area contributed by atoms with E-state index >= 15 is 0 Å². The molecule has 1 unspecified atom stereocenters. The van der Waals surface area contributed by atoms with Gasteiger partial charge in [0.2, 0.25) is 0 Å². The van der Waals surface area contributed by atoms with E-state index in [2.05, 4.69) is 18.2 Å². The molecule has 0 amide bonds. The fourth-order valence-electron chi connectivity index (χ4n) is 3.31. The molecule has 0 aliphatic carbocycles. The molecule has 0 N–H and O–H groups in total. The van der Waals surface area contributed by atoms with Gasteiger partial charge in [-0.3, -0.25) is 9.59 Å². The van der Waals surface area contributed by atoms with E-state index in [1.807, 2.05) is 55.3 Å². The molecule has 2 aromatic carbocycles. The first-order valence-corrected chi connectivity index (χ1v) is 10.2. The van der Waals surface area contributed by atoms with Crippen molar-refractivity contribution in [2.75, 3.05) is 33.4 Å². The molecule has 0 saturated heterocycles. The minimum Gasteiger partial charge on any atom is -0.466 e. The van der Waals surface area contributed by atoms with E-state index in [1.165, 1.54) is 5.56 Å². The normalized spacial score (nSPS) is 11.9. The van der Waals surface area contributed by atoms with E-state index in [0.717, 1.165) is 17.5 Å². The van der Waals surface area contributed by atoms with Crippen LogP contribution < -0.4 is 0 Å². The minimum absolute atomic E-state index is 0.225. The van der Waals surface area contributed by atoms with Crippen molar-refractivity contribution in [1.29, 1.82) is 0 Å². The molecule has 2 aromatic rings. The molecule has 0 saturated carbocycles. The molecule has 0 bridgehead atoms. The molecule has 1 atom stereocenters. The van der Waals surface area contributed by atoms with Gasteiger partial charge in [-0.25, -0.2) is 0 Å². The topological polar surface area (TPSA) is 55.8 Å². The van der Waals surface area contributed by atoms with Crippen LogP contribution in [-0.4, -0.2) is 50.2 Å². The van der Waals surface area contributed by atoms with Crippen LogP contribution in [0.2, 0.25) is 0 Å². The Bertz CT molecular complexity index is 775. The van der Waals surface area contributed by atoms with Gasteiger partial charge in [0.05, 0.1) is 25.6 Å². The maximum Gasteiger partial charge on any atom is 0.314 e. The van der Waals surface area contributed by atoms with Crippen molar-refractivity contribution >= 4 is 11.9 Å². The van der Waals surface area contributed by atoms with E-state index < -0.39 is 5.92 Å². The van der Waals surface area contributed by atoms with Crippen molar-refractivity contribution in [2.45, 2.75) is 32.6 Å². The smallest absolute Gasteiger partial charge is 0.314 e. The zero-order valence-electron chi connectivity index (χ0n) is 17.6. The van der Waals surface area contributed by atoms with Gasteiger partial charge < -0.3 is 14.4 Å². The van der Waals surface area contributed by atoms with E-state index in [9.17, 15) is 9.59 Å². The summed E-state index contributed by atoms with van der Waals surface area (Å²) in [6.07, 6.45) is 1.05. The monoisotopic (exact) mass is 397 g/mol. The fraction of sp³-hybridized carbons (Fsp3) is 0.417. The lowest BCUT2D eigenvalue weighted by molar-refractivity contribution is -0.145. The Hall–Kier alpha value is -2.66. The summed E-state index contributed by atoms with van der Waals surface area (Å²) >= 11 is 0. The molecule has 29 heavy (non-hydrogen) atoms. The third-order valence-corrected chi connectivity index (χ3v) is 4.74. The van der Waals surface area contributed by atoms with Crippen molar-refractivity contribution in [3.05, 3.63) is 71.3 Å². The number of carbonyl (C=O) groups is 2. The van der Waals surface area contributed by atoms with Crippen LogP contribution in [0.5, 0.6) is 0 Å². The summed E-state index contributed by atoms with van der Waals surface area (Å²) in [5.74, 6) is -0.880. The molecule has 0 radical (unpaired) electrons. The van der Waals surface area contributed by atoms with Gasteiger partial charge in [-0.1, -0.05) is 54.6 Å². The Balaban J connectivity index is 2.19. The molecule has 0 fully saturated rings. The van der Waals surface area contributed by atoms with Crippen molar-refractivity contribution in [2.24, 2.45) is 0 Å². The standard InChI is InChI=1S/C24H31NO4/c1-4-28-23(26)15-16-25(3)18-22(24(27)29-5-2)21-14-10-9-13-20(21)17-19-11-7-6-8-12-19/h6-14,22H,4-5,15-18H2,1-3H3. The lowest BCUT2D eigenvalue weighted by atomic mass is 9.90. The third kappa shape index (κ3) is 7.35. The predicted molar refractivity (Wildman–Crippen MR) is 114 cm³/mol. The zero-order valence-corrected chi connectivity index (χ0v) is 17.6. The van der Waals surface area contributed by atoms with Crippen molar-refractivity contribution in [3.8, 4) is 0 Å². The SMILES string of the molecule is CCOC(=O)CCN(C)CC(C(=O)OCC)c1ccccc1Cc1ccccc1. The predicted octanol–water partition coefficient (Wildman–Crippen LogP) is 3.81. The van der Waals surface area contributed by atoms with Crippen LogP contribution in [0.3, 0.4) is 0 Å². The maximum absolute atomic E-state index is 12.8. The van der Waals surface area contributed by atoms with Crippen molar-refractivity contribution < 1.29 is 19.1 Å². The van der Waals surface area contributed by atoms with Gasteiger partial charge in [-0.2, -0.15) is 0 Å². The number of nitrogens with zero attached hydrogens (tertiary/aromatic N) is 1. The van der Waals surface area contributed by atoms with Gasteiger partial charge in [0.15, 0.2) is 0 Å². The van der Waals surface area contributed by atoms with Gasteiger partial charge in [0, 0.05) is 13.1 Å². The number of hydrogen-bond acceptors (Lipinski definition) is 5. The number of likely N-dealkylation sites (N-methyl/N-ethyl adjacent to an activating group) is 1. The molecule has 0 heterocycles. The molecule has 0 aromatic heterocycles. The summed E-state index contributed by atoms with van der Waals surface area (Å²) in [5.41, 5.74) is 3.27. The Kier molecular flexibility index (Phi) is 9.38.